The van der Waals surface area contributed by atoms with E-state index in [0.717, 1.165) is 51.9 Å². The van der Waals surface area contributed by atoms with E-state index in [0.29, 0.717) is 12.6 Å². The normalized spacial score (nSPS) is 22.4. The topological polar surface area (TPSA) is 49.3 Å². The zero-order valence-electron chi connectivity index (χ0n) is 16.5. The number of guanidine groups is 1. The lowest BCUT2D eigenvalue weighted by Crippen LogP contribution is -2.46. The molecule has 0 aliphatic carbocycles. The van der Waals surface area contributed by atoms with Crippen molar-refractivity contribution in [3.63, 3.8) is 0 Å². The van der Waals surface area contributed by atoms with Crippen LogP contribution in [0.3, 0.4) is 0 Å². The third kappa shape index (κ3) is 6.30. The van der Waals surface area contributed by atoms with Crippen LogP contribution in [0.15, 0.2) is 35.3 Å². The Bertz CT molecular complexity index is 566. The minimum Gasteiger partial charge on any atom is -0.379 e. The number of hydrogen-bond acceptors (Lipinski definition) is 4. The second-order valence-electron chi connectivity index (χ2n) is 6.87. The van der Waals surface area contributed by atoms with Crippen LogP contribution < -0.4 is 5.32 Å². The summed E-state index contributed by atoms with van der Waals surface area (Å²) in [7, 11) is 1.75. The molecule has 3 rings (SSSR count). The summed E-state index contributed by atoms with van der Waals surface area (Å²) in [4.78, 5) is 9.84. The predicted octanol–water partition coefficient (Wildman–Crippen LogP) is 2.36. The summed E-state index contributed by atoms with van der Waals surface area (Å²) in [5, 5.41) is 3.46. The third-order valence-corrected chi connectivity index (χ3v) is 5.22. The fourth-order valence-electron chi connectivity index (χ4n) is 3.75. The number of ether oxygens (including phenoxy) is 2. The summed E-state index contributed by atoms with van der Waals surface area (Å²) < 4.78 is 11.2. The van der Waals surface area contributed by atoms with Gasteiger partial charge in [-0.05, 0) is 18.9 Å². The molecule has 2 unspecified atom stereocenters. The van der Waals surface area contributed by atoms with Gasteiger partial charge in [-0.3, -0.25) is 9.89 Å². The highest BCUT2D eigenvalue weighted by molar-refractivity contribution is 14.0. The van der Waals surface area contributed by atoms with Crippen LogP contribution in [0, 0.1) is 0 Å². The number of likely N-dealkylation sites (tertiary alicyclic amines) is 1. The minimum atomic E-state index is -0.0116. The number of rotatable bonds is 6. The van der Waals surface area contributed by atoms with Gasteiger partial charge in [0, 0.05) is 45.9 Å². The molecule has 0 radical (unpaired) electrons. The average molecular weight is 488 g/mol. The lowest BCUT2D eigenvalue weighted by atomic mass is 10.1. The van der Waals surface area contributed by atoms with Crippen molar-refractivity contribution in [3.05, 3.63) is 35.9 Å². The van der Waals surface area contributed by atoms with E-state index in [1.807, 2.05) is 18.2 Å². The number of nitrogens with one attached hydrogen (secondary N) is 1. The minimum absolute atomic E-state index is 0. The molecular formula is C20H33IN4O2. The number of benzene rings is 1. The summed E-state index contributed by atoms with van der Waals surface area (Å²) in [6.45, 7) is 9.52. The van der Waals surface area contributed by atoms with E-state index in [-0.39, 0.29) is 30.1 Å². The van der Waals surface area contributed by atoms with Crippen LogP contribution in [0.4, 0.5) is 0 Å². The molecule has 7 heteroatoms. The van der Waals surface area contributed by atoms with E-state index in [4.69, 9.17) is 14.5 Å². The largest absolute Gasteiger partial charge is 0.379 e. The molecule has 2 atom stereocenters. The van der Waals surface area contributed by atoms with Gasteiger partial charge in [0.1, 0.15) is 6.10 Å². The van der Waals surface area contributed by atoms with Crippen LogP contribution in [-0.4, -0.2) is 81.4 Å². The Morgan fingerprint density at radius 1 is 1.26 bits per heavy atom. The van der Waals surface area contributed by atoms with Gasteiger partial charge in [-0.25, -0.2) is 0 Å². The predicted molar refractivity (Wildman–Crippen MR) is 120 cm³/mol. The fourth-order valence-corrected chi connectivity index (χ4v) is 3.75. The summed E-state index contributed by atoms with van der Waals surface area (Å²) >= 11 is 0. The molecule has 0 saturated carbocycles. The smallest absolute Gasteiger partial charge is 0.194 e. The van der Waals surface area contributed by atoms with Gasteiger partial charge in [0.25, 0.3) is 0 Å². The third-order valence-electron chi connectivity index (χ3n) is 5.22. The van der Waals surface area contributed by atoms with E-state index < -0.39 is 0 Å². The van der Waals surface area contributed by atoms with Crippen molar-refractivity contribution in [3.8, 4) is 0 Å². The molecule has 2 aliphatic rings. The molecule has 2 aliphatic heterocycles. The van der Waals surface area contributed by atoms with Gasteiger partial charge in [0.2, 0.25) is 0 Å². The highest BCUT2D eigenvalue weighted by atomic mass is 127. The zero-order chi connectivity index (χ0) is 18.2. The Kier molecular flexibility index (Phi) is 9.81. The first kappa shape index (κ1) is 22.4. The monoisotopic (exact) mass is 488 g/mol. The Morgan fingerprint density at radius 2 is 2.00 bits per heavy atom. The molecular weight excluding hydrogens is 455 g/mol. The number of morpholine rings is 1. The number of hydrogen-bond donors (Lipinski definition) is 1. The van der Waals surface area contributed by atoms with Crippen LogP contribution in [0.5, 0.6) is 0 Å². The second kappa shape index (κ2) is 11.8. The van der Waals surface area contributed by atoms with Gasteiger partial charge >= 0.3 is 0 Å². The van der Waals surface area contributed by atoms with E-state index in [9.17, 15) is 0 Å². The van der Waals surface area contributed by atoms with E-state index >= 15 is 0 Å². The average Bonchev–Trinajstić information content (AvgIpc) is 3.19. The summed E-state index contributed by atoms with van der Waals surface area (Å²) in [5.41, 5.74) is 1.17. The van der Waals surface area contributed by atoms with E-state index in [1.165, 1.54) is 12.0 Å². The molecule has 0 bridgehead atoms. The molecule has 2 saturated heterocycles. The van der Waals surface area contributed by atoms with Crippen molar-refractivity contribution in [2.24, 2.45) is 4.99 Å². The molecule has 2 heterocycles. The van der Waals surface area contributed by atoms with Gasteiger partial charge in [-0.2, -0.15) is 0 Å². The van der Waals surface area contributed by atoms with Gasteiger partial charge in [-0.1, -0.05) is 30.3 Å². The Hall–Kier alpha value is -0.900. The molecule has 2 fully saturated rings. The molecule has 27 heavy (non-hydrogen) atoms. The van der Waals surface area contributed by atoms with Gasteiger partial charge < -0.3 is 19.7 Å². The molecule has 6 nitrogen and oxygen atoms in total. The quantitative estimate of drug-likeness (QED) is 0.379. The molecule has 1 aromatic carbocycles. The SMILES string of the molecule is CCNC(=NCC(OC)c1ccccc1)N1CCC(N2CCOCC2)C1.I. The van der Waals surface area contributed by atoms with Crippen molar-refractivity contribution in [1.29, 1.82) is 0 Å². The highest BCUT2D eigenvalue weighted by Crippen LogP contribution is 2.19. The lowest BCUT2D eigenvalue weighted by molar-refractivity contribution is 0.0194. The standard InChI is InChI=1S/C20H32N4O2.HI/c1-3-21-20(22-15-19(25-2)17-7-5-4-6-8-17)24-10-9-18(16-24)23-11-13-26-14-12-23;/h4-8,18-19H,3,9-16H2,1-2H3,(H,21,22);1H. The molecule has 1 aromatic rings. The molecule has 1 N–H and O–H groups in total. The van der Waals surface area contributed by atoms with E-state index in [2.05, 4.69) is 34.2 Å². The fraction of sp³-hybridized carbons (Fsp3) is 0.650. The van der Waals surface area contributed by atoms with Gasteiger partial charge in [0.05, 0.1) is 19.8 Å². The summed E-state index contributed by atoms with van der Waals surface area (Å²) in [6.07, 6.45) is 1.18. The lowest BCUT2D eigenvalue weighted by Gasteiger charge is -2.32. The molecule has 0 aromatic heterocycles. The number of halogens is 1. The van der Waals surface area contributed by atoms with Crippen LogP contribution in [0.2, 0.25) is 0 Å². The molecule has 0 amide bonds. The first-order chi connectivity index (χ1) is 12.8. The Labute approximate surface area is 180 Å². The second-order valence-corrected chi connectivity index (χ2v) is 6.87. The summed E-state index contributed by atoms with van der Waals surface area (Å²) in [6, 6.07) is 10.9. The van der Waals surface area contributed by atoms with E-state index in [1.54, 1.807) is 7.11 Å². The molecule has 152 valence electrons. The van der Waals surface area contributed by atoms with Crippen molar-refractivity contribution in [2.75, 3.05) is 59.6 Å². The first-order valence-electron chi connectivity index (χ1n) is 9.74. The zero-order valence-corrected chi connectivity index (χ0v) is 18.8. The van der Waals surface area contributed by atoms with Crippen molar-refractivity contribution >= 4 is 29.9 Å². The maximum absolute atomic E-state index is 5.67. The maximum atomic E-state index is 5.67. The maximum Gasteiger partial charge on any atom is 0.194 e. The van der Waals surface area contributed by atoms with Crippen molar-refractivity contribution in [1.82, 2.24) is 15.1 Å². The number of methoxy groups -OCH3 is 1. The van der Waals surface area contributed by atoms with Crippen LogP contribution in [0.25, 0.3) is 0 Å². The van der Waals surface area contributed by atoms with Crippen LogP contribution in [0.1, 0.15) is 25.0 Å². The van der Waals surface area contributed by atoms with Gasteiger partial charge in [-0.15, -0.1) is 24.0 Å². The number of aliphatic imine (C=N–C) groups is 1. The molecule has 0 spiro atoms. The van der Waals surface area contributed by atoms with Crippen LogP contribution in [-0.2, 0) is 9.47 Å². The van der Waals surface area contributed by atoms with Gasteiger partial charge in [0.15, 0.2) is 5.96 Å². The first-order valence-corrected chi connectivity index (χ1v) is 9.74. The van der Waals surface area contributed by atoms with Crippen molar-refractivity contribution in [2.45, 2.75) is 25.5 Å². The Morgan fingerprint density at radius 3 is 2.67 bits per heavy atom. The Balaban J connectivity index is 0.00000261. The highest BCUT2D eigenvalue weighted by Gasteiger charge is 2.30. The van der Waals surface area contributed by atoms with Crippen molar-refractivity contribution < 1.29 is 9.47 Å². The number of nitrogens with zero attached hydrogens (tertiary/aromatic N) is 3. The summed E-state index contributed by atoms with van der Waals surface area (Å²) in [5.74, 6) is 1.00. The van der Waals surface area contributed by atoms with Crippen LogP contribution >= 0.6 is 24.0 Å².